The molecule has 12 heavy (non-hydrogen) atoms. The van der Waals surface area contributed by atoms with E-state index in [0.717, 1.165) is 12.0 Å². The van der Waals surface area contributed by atoms with Crippen molar-refractivity contribution in [3.8, 4) is 0 Å². The van der Waals surface area contributed by atoms with Crippen molar-refractivity contribution >= 4 is 5.97 Å². The van der Waals surface area contributed by atoms with Crippen molar-refractivity contribution in [2.24, 2.45) is 0 Å². The van der Waals surface area contributed by atoms with Crippen molar-refractivity contribution in [1.29, 1.82) is 0 Å². The lowest BCUT2D eigenvalue weighted by Gasteiger charge is -2.07. The number of aliphatic hydroxyl groups excluding tert-OH is 1. The van der Waals surface area contributed by atoms with E-state index in [9.17, 15) is 9.90 Å². The van der Waals surface area contributed by atoms with Crippen molar-refractivity contribution in [3.63, 3.8) is 0 Å². The highest BCUT2D eigenvalue weighted by molar-refractivity contribution is 5.69. The molecule has 1 N–H and O–H groups in total. The minimum Gasteiger partial charge on any atom is -0.469 e. The third kappa shape index (κ3) is 5.92. The van der Waals surface area contributed by atoms with Crippen LogP contribution in [0.2, 0.25) is 0 Å². The predicted octanol–water partition coefficient (Wildman–Crippen LogP) is 1.27. The predicted molar refractivity (Wildman–Crippen MR) is 46.7 cm³/mol. The van der Waals surface area contributed by atoms with Crippen LogP contribution >= 0.6 is 0 Å². The molecule has 0 heterocycles. The number of aliphatic hydroxyl groups is 1. The molecule has 0 saturated heterocycles. The number of methoxy groups -OCH3 is 1. The summed E-state index contributed by atoms with van der Waals surface area (Å²) in [4.78, 5) is 10.7. The summed E-state index contributed by atoms with van der Waals surface area (Å²) in [5.74, 6) is -0.371. The first-order valence-corrected chi connectivity index (χ1v) is 3.95. The van der Waals surface area contributed by atoms with Gasteiger partial charge in [-0.1, -0.05) is 5.57 Å². The Bertz CT molecular complexity index is 163. The average molecular weight is 172 g/mol. The number of carbonyl (C=O) groups is 1. The smallest absolute Gasteiger partial charge is 0.308 e. The Kier molecular flexibility index (Phi) is 5.37. The minimum atomic E-state index is -0.603. The second-order valence-electron chi connectivity index (χ2n) is 2.93. The number of hydrogen-bond donors (Lipinski definition) is 1. The van der Waals surface area contributed by atoms with Crippen LogP contribution in [0.25, 0.3) is 0 Å². The van der Waals surface area contributed by atoms with E-state index < -0.39 is 6.10 Å². The van der Waals surface area contributed by atoms with Crippen LogP contribution in [0, 0.1) is 0 Å². The lowest BCUT2D eigenvalue weighted by molar-refractivity contribution is -0.142. The number of hydrogen-bond acceptors (Lipinski definition) is 3. The Morgan fingerprint density at radius 2 is 2.25 bits per heavy atom. The summed E-state index contributed by atoms with van der Waals surface area (Å²) >= 11 is 0. The van der Waals surface area contributed by atoms with E-state index in [4.69, 9.17) is 0 Å². The molecular formula is C9H16O3. The van der Waals surface area contributed by atoms with E-state index in [1.165, 1.54) is 7.11 Å². The zero-order valence-electron chi connectivity index (χ0n) is 7.67. The molecule has 70 valence electrons. The zero-order valence-corrected chi connectivity index (χ0v) is 7.67. The third-order valence-corrected chi connectivity index (χ3v) is 1.53. The van der Waals surface area contributed by atoms with Crippen LogP contribution in [-0.2, 0) is 9.53 Å². The molecule has 0 aliphatic carbocycles. The van der Waals surface area contributed by atoms with Gasteiger partial charge < -0.3 is 9.84 Å². The van der Waals surface area contributed by atoms with E-state index in [2.05, 4.69) is 11.3 Å². The van der Waals surface area contributed by atoms with Gasteiger partial charge in [0.05, 0.1) is 19.6 Å². The molecule has 0 radical (unpaired) electrons. The Balaban J connectivity index is 3.52. The summed E-state index contributed by atoms with van der Waals surface area (Å²) in [6.45, 7) is 5.59. The minimum absolute atomic E-state index is 0.0732. The summed E-state index contributed by atoms with van der Waals surface area (Å²) in [6, 6.07) is 0. The molecule has 0 aliphatic rings. The van der Waals surface area contributed by atoms with Gasteiger partial charge in [0, 0.05) is 0 Å². The lowest BCUT2D eigenvalue weighted by atomic mass is 10.1. The monoisotopic (exact) mass is 172 g/mol. The molecular weight excluding hydrogens is 156 g/mol. The van der Waals surface area contributed by atoms with Crippen LogP contribution in [0.15, 0.2) is 12.2 Å². The van der Waals surface area contributed by atoms with Crippen molar-refractivity contribution in [3.05, 3.63) is 12.2 Å². The van der Waals surface area contributed by atoms with Gasteiger partial charge in [-0.3, -0.25) is 4.79 Å². The maximum Gasteiger partial charge on any atom is 0.308 e. The molecule has 0 aromatic rings. The highest BCUT2D eigenvalue weighted by Gasteiger charge is 2.09. The molecule has 1 unspecified atom stereocenters. The SMILES string of the molecule is C=C(C)CCC(O)CC(=O)OC. The molecule has 0 spiro atoms. The summed E-state index contributed by atoms with van der Waals surface area (Å²) in [5.41, 5.74) is 1.01. The van der Waals surface area contributed by atoms with E-state index in [-0.39, 0.29) is 12.4 Å². The number of carbonyl (C=O) groups excluding carboxylic acids is 1. The van der Waals surface area contributed by atoms with Gasteiger partial charge in [-0.15, -0.1) is 6.58 Å². The largest absolute Gasteiger partial charge is 0.469 e. The molecule has 1 atom stereocenters. The van der Waals surface area contributed by atoms with Crippen molar-refractivity contribution in [2.45, 2.75) is 32.3 Å². The van der Waals surface area contributed by atoms with Crippen LogP contribution in [0.4, 0.5) is 0 Å². The Morgan fingerprint density at radius 3 is 2.67 bits per heavy atom. The van der Waals surface area contributed by atoms with Gasteiger partial charge >= 0.3 is 5.97 Å². The summed E-state index contributed by atoms with van der Waals surface area (Å²) in [7, 11) is 1.31. The first kappa shape index (κ1) is 11.2. The van der Waals surface area contributed by atoms with Crippen LogP contribution in [-0.4, -0.2) is 24.3 Å². The van der Waals surface area contributed by atoms with Crippen molar-refractivity contribution in [1.82, 2.24) is 0 Å². The standard InChI is InChI=1S/C9H16O3/c1-7(2)4-5-8(10)6-9(11)12-3/h8,10H,1,4-6H2,2-3H3. The molecule has 0 amide bonds. The molecule has 0 aromatic carbocycles. The Morgan fingerprint density at radius 1 is 1.67 bits per heavy atom. The van der Waals surface area contributed by atoms with E-state index >= 15 is 0 Å². The van der Waals surface area contributed by atoms with Gasteiger partial charge in [-0.25, -0.2) is 0 Å². The quantitative estimate of drug-likeness (QED) is 0.501. The van der Waals surface area contributed by atoms with Crippen LogP contribution in [0.3, 0.4) is 0 Å². The maximum atomic E-state index is 10.7. The Hall–Kier alpha value is -0.830. The highest BCUT2D eigenvalue weighted by atomic mass is 16.5. The summed E-state index contributed by atoms with van der Waals surface area (Å²) < 4.78 is 4.41. The zero-order chi connectivity index (χ0) is 9.56. The number of esters is 1. The fourth-order valence-electron chi connectivity index (χ4n) is 0.791. The fourth-order valence-corrected chi connectivity index (χ4v) is 0.791. The second-order valence-corrected chi connectivity index (χ2v) is 2.93. The van der Waals surface area contributed by atoms with Gasteiger partial charge in [-0.2, -0.15) is 0 Å². The first-order valence-electron chi connectivity index (χ1n) is 3.95. The summed E-state index contributed by atoms with van der Waals surface area (Å²) in [6.07, 6.45) is 0.793. The molecule has 0 saturated carbocycles. The molecule has 0 fully saturated rings. The fraction of sp³-hybridized carbons (Fsp3) is 0.667. The molecule has 0 aliphatic heterocycles. The summed E-state index contributed by atoms with van der Waals surface area (Å²) in [5, 5.41) is 9.26. The van der Waals surface area contributed by atoms with Gasteiger partial charge in [0.25, 0.3) is 0 Å². The van der Waals surface area contributed by atoms with Crippen molar-refractivity contribution < 1.29 is 14.6 Å². The van der Waals surface area contributed by atoms with Crippen LogP contribution < -0.4 is 0 Å². The lowest BCUT2D eigenvalue weighted by Crippen LogP contribution is -2.14. The van der Waals surface area contributed by atoms with Crippen LogP contribution in [0.1, 0.15) is 26.2 Å². The maximum absolute atomic E-state index is 10.7. The molecule has 0 aromatic heterocycles. The number of rotatable bonds is 5. The van der Waals surface area contributed by atoms with Gasteiger partial charge in [0.1, 0.15) is 0 Å². The molecule has 3 nitrogen and oxygen atoms in total. The van der Waals surface area contributed by atoms with Gasteiger partial charge in [0.15, 0.2) is 0 Å². The first-order chi connectivity index (χ1) is 5.56. The van der Waals surface area contributed by atoms with E-state index in [1.54, 1.807) is 0 Å². The molecule has 0 bridgehead atoms. The van der Waals surface area contributed by atoms with Gasteiger partial charge in [0.2, 0.25) is 0 Å². The van der Waals surface area contributed by atoms with E-state index in [1.807, 2.05) is 6.92 Å². The second kappa shape index (κ2) is 5.77. The van der Waals surface area contributed by atoms with E-state index in [0.29, 0.717) is 6.42 Å². The third-order valence-electron chi connectivity index (χ3n) is 1.53. The normalized spacial score (nSPS) is 12.2. The number of allylic oxidation sites excluding steroid dienone is 1. The number of ether oxygens (including phenoxy) is 1. The van der Waals surface area contributed by atoms with Crippen molar-refractivity contribution in [2.75, 3.05) is 7.11 Å². The topological polar surface area (TPSA) is 46.5 Å². The molecule has 0 rings (SSSR count). The van der Waals surface area contributed by atoms with Crippen LogP contribution in [0.5, 0.6) is 0 Å². The average Bonchev–Trinajstić information content (AvgIpc) is 2.00. The highest BCUT2D eigenvalue weighted by Crippen LogP contribution is 2.07. The van der Waals surface area contributed by atoms with Gasteiger partial charge in [-0.05, 0) is 19.8 Å². The Labute approximate surface area is 73.0 Å². The molecule has 3 heteroatoms.